The fourth-order valence-corrected chi connectivity index (χ4v) is 2.24. The molecule has 0 bridgehead atoms. The van der Waals surface area contributed by atoms with Crippen molar-refractivity contribution in [1.82, 2.24) is 5.32 Å². The number of hydrogen-bond acceptors (Lipinski definition) is 4. The van der Waals surface area contributed by atoms with Crippen molar-refractivity contribution in [3.63, 3.8) is 0 Å². The van der Waals surface area contributed by atoms with Crippen molar-refractivity contribution in [2.75, 3.05) is 14.2 Å². The number of benzene rings is 1. The lowest BCUT2D eigenvalue weighted by Crippen LogP contribution is -2.52. The maximum absolute atomic E-state index is 12.0. The quantitative estimate of drug-likeness (QED) is 0.797. The van der Waals surface area contributed by atoms with Gasteiger partial charge >= 0.3 is 5.97 Å². The van der Waals surface area contributed by atoms with Crippen LogP contribution in [0.25, 0.3) is 0 Å². The van der Waals surface area contributed by atoms with E-state index in [0.29, 0.717) is 12.5 Å². The molecule has 1 aliphatic rings. The molecule has 0 aliphatic heterocycles. The Morgan fingerprint density at radius 3 is 2.42 bits per heavy atom. The monoisotopic (exact) mass is 263 g/mol. The Balaban J connectivity index is 2.11. The summed E-state index contributed by atoms with van der Waals surface area (Å²) in [5, 5.41) is 3.39. The Morgan fingerprint density at radius 2 is 1.95 bits per heavy atom. The van der Waals surface area contributed by atoms with Crippen molar-refractivity contribution >= 4 is 5.97 Å². The van der Waals surface area contributed by atoms with E-state index in [-0.39, 0.29) is 5.97 Å². The summed E-state index contributed by atoms with van der Waals surface area (Å²) in [6.07, 6.45) is 2.88. The maximum Gasteiger partial charge on any atom is 0.326 e. The molecular formula is C15H21NO3. The standard InChI is InChI=1S/C15H21NO3/c1-15(14(17)19-3,16-12-6-7-12)10-11-4-8-13(18-2)9-5-11/h4-5,8-9,12,16H,6-7,10H2,1-3H3. The summed E-state index contributed by atoms with van der Waals surface area (Å²) < 4.78 is 10.1. The van der Waals surface area contributed by atoms with E-state index in [2.05, 4.69) is 5.32 Å². The van der Waals surface area contributed by atoms with E-state index in [1.807, 2.05) is 31.2 Å². The predicted molar refractivity (Wildman–Crippen MR) is 73.3 cm³/mol. The zero-order valence-corrected chi connectivity index (χ0v) is 11.7. The molecule has 1 unspecified atom stereocenters. The van der Waals surface area contributed by atoms with Crippen molar-refractivity contribution in [3.05, 3.63) is 29.8 Å². The summed E-state index contributed by atoms with van der Waals surface area (Å²) in [4.78, 5) is 12.0. The van der Waals surface area contributed by atoms with E-state index >= 15 is 0 Å². The molecule has 0 spiro atoms. The minimum Gasteiger partial charge on any atom is -0.497 e. The molecule has 4 nitrogen and oxygen atoms in total. The second kappa shape index (κ2) is 5.61. The Bertz CT molecular complexity index is 439. The number of nitrogens with one attached hydrogen (secondary N) is 1. The summed E-state index contributed by atoms with van der Waals surface area (Å²) in [6.45, 7) is 1.90. The molecule has 1 fully saturated rings. The molecule has 1 aromatic carbocycles. The molecule has 1 N–H and O–H groups in total. The lowest BCUT2D eigenvalue weighted by atomic mass is 9.92. The molecule has 4 heteroatoms. The van der Waals surface area contributed by atoms with Crippen LogP contribution in [0.3, 0.4) is 0 Å². The van der Waals surface area contributed by atoms with Gasteiger partial charge in [0.1, 0.15) is 11.3 Å². The largest absolute Gasteiger partial charge is 0.497 e. The smallest absolute Gasteiger partial charge is 0.326 e. The van der Waals surface area contributed by atoms with Crippen molar-refractivity contribution < 1.29 is 14.3 Å². The van der Waals surface area contributed by atoms with E-state index in [0.717, 1.165) is 24.2 Å². The van der Waals surface area contributed by atoms with Gasteiger partial charge in [0.25, 0.3) is 0 Å². The van der Waals surface area contributed by atoms with E-state index in [1.165, 1.54) is 7.11 Å². The lowest BCUT2D eigenvalue weighted by Gasteiger charge is -2.28. The number of carbonyl (C=O) groups is 1. The Hall–Kier alpha value is -1.55. The van der Waals surface area contributed by atoms with E-state index in [9.17, 15) is 4.79 Å². The van der Waals surface area contributed by atoms with Gasteiger partial charge in [-0.05, 0) is 37.5 Å². The second-order valence-electron chi connectivity index (χ2n) is 5.27. The van der Waals surface area contributed by atoms with Crippen molar-refractivity contribution in [2.45, 2.75) is 37.8 Å². The number of ether oxygens (including phenoxy) is 2. The van der Waals surface area contributed by atoms with E-state index in [1.54, 1.807) is 7.11 Å². The molecule has 0 amide bonds. The normalized spacial score (nSPS) is 17.6. The fraction of sp³-hybridized carbons (Fsp3) is 0.533. The SMILES string of the molecule is COC(=O)C(C)(Cc1ccc(OC)cc1)NC1CC1. The zero-order valence-electron chi connectivity index (χ0n) is 11.7. The first-order valence-electron chi connectivity index (χ1n) is 6.56. The highest BCUT2D eigenvalue weighted by Gasteiger charge is 2.39. The molecule has 0 saturated heterocycles. The van der Waals surface area contributed by atoms with Gasteiger partial charge in [-0.15, -0.1) is 0 Å². The topological polar surface area (TPSA) is 47.6 Å². The maximum atomic E-state index is 12.0. The molecule has 2 rings (SSSR count). The third-order valence-electron chi connectivity index (χ3n) is 3.45. The van der Waals surface area contributed by atoms with Crippen molar-refractivity contribution in [2.24, 2.45) is 0 Å². The number of rotatable bonds is 6. The minimum atomic E-state index is -0.662. The first kappa shape index (κ1) is 13.9. The van der Waals surface area contributed by atoms with Crippen molar-refractivity contribution in [1.29, 1.82) is 0 Å². The summed E-state index contributed by atoms with van der Waals surface area (Å²) in [7, 11) is 3.07. The highest BCUT2D eigenvalue weighted by atomic mass is 16.5. The van der Waals surface area contributed by atoms with Crippen LogP contribution in [0.2, 0.25) is 0 Å². The van der Waals surface area contributed by atoms with Gasteiger partial charge in [0.2, 0.25) is 0 Å². The molecule has 0 aromatic heterocycles. The molecule has 19 heavy (non-hydrogen) atoms. The summed E-state index contributed by atoms with van der Waals surface area (Å²) in [5.41, 5.74) is 0.423. The Labute approximate surface area is 114 Å². The fourth-order valence-electron chi connectivity index (χ4n) is 2.24. The van der Waals surface area contributed by atoms with Crippen LogP contribution in [0.15, 0.2) is 24.3 Å². The van der Waals surface area contributed by atoms with Gasteiger partial charge in [-0.3, -0.25) is 10.1 Å². The van der Waals surface area contributed by atoms with Gasteiger partial charge in [-0.1, -0.05) is 12.1 Å². The Kier molecular flexibility index (Phi) is 4.10. The first-order valence-corrected chi connectivity index (χ1v) is 6.56. The molecule has 1 saturated carbocycles. The van der Waals surface area contributed by atoms with E-state index in [4.69, 9.17) is 9.47 Å². The highest BCUT2D eigenvalue weighted by Crippen LogP contribution is 2.26. The third-order valence-corrected chi connectivity index (χ3v) is 3.45. The van der Waals surface area contributed by atoms with Crippen LogP contribution in [-0.4, -0.2) is 31.8 Å². The van der Waals surface area contributed by atoms with Gasteiger partial charge in [-0.2, -0.15) is 0 Å². The zero-order chi connectivity index (χ0) is 13.9. The molecule has 1 aromatic rings. The van der Waals surface area contributed by atoms with Crippen LogP contribution >= 0.6 is 0 Å². The molecule has 104 valence electrons. The van der Waals surface area contributed by atoms with Crippen LogP contribution < -0.4 is 10.1 Å². The molecule has 1 atom stereocenters. The van der Waals surface area contributed by atoms with Gasteiger partial charge in [-0.25, -0.2) is 0 Å². The molecule has 0 heterocycles. The van der Waals surface area contributed by atoms with Crippen molar-refractivity contribution in [3.8, 4) is 5.75 Å². The summed E-state index contributed by atoms with van der Waals surface area (Å²) in [6, 6.07) is 8.22. The van der Waals surface area contributed by atoms with Gasteiger partial charge in [0, 0.05) is 12.5 Å². The molecular weight excluding hydrogens is 242 g/mol. The van der Waals surface area contributed by atoms with Crippen LogP contribution in [0, 0.1) is 0 Å². The van der Waals surface area contributed by atoms with Crippen LogP contribution in [-0.2, 0) is 16.0 Å². The van der Waals surface area contributed by atoms with E-state index < -0.39 is 5.54 Å². The third kappa shape index (κ3) is 3.47. The summed E-state index contributed by atoms with van der Waals surface area (Å²) >= 11 is 0. The summed E-state index contributed by atoms with van der Waals surface area (Å²) in [5.74, 6) is 0.605. The van der Waals surface area contributed by atoms with Gasteiger partial charge < -0.3 is 9.47 Å². The average Bonchev–Trinajstić information content (AvgIpc) is 3.22. The van der Waals surface area contributed by atoms with Gasteiger partial charge in [0.15, 0.2) is 0 Å². The van der Waals surface area contributed by atoms with Crippen LogP contribution in [0.5, 0.6) is 5.75 Å². The minimum absolute atomic E-state index is 0.213. The second-order valence-corrected chi connectivity index (χ2v) is 5.27. The number of carbonyl (C=O) groups excluding carboxylic acids is 1. The molecule has 1 aliphatic carbocycles. The predicted octanol–water partition coefficient (Wildman–Crippen LogP) is 1.92. The first-order chi connectivity index (χ1) is 9.07. The number of esters is 1. The van der Waals surface area contributed by atoms with Gasteiger partial charge in [0.05, 0.1) is 14.2 Å². The molecule has 0 radical (unpaired) electrons. The average molecular weight is 263 g/mol. The number of hydrogen-bond donors (Lipinski definition) is 1. The van der Waals surface area contributed by atoms with Crippen LogP contribution in [0.1, 0.15) is 25.3 Å². The highest BCUT2D eigenvalue weighted by molar-refractivity contribution is 5.80. The Morgan fingerprint density at radius 1 is 1.32 bits per heavy atom. The van der Waals surface area contributed by atoms with Crippen LogP contribution in [0.4, 0.5) is 0 Å². The lowest BCUT2D eigenvalue weighted by molar-refractivity contribution is -0.148. The number of methoxy groups -OCH3 is 2.